The summed E-state index contributed by atoms with van der Waals surface area (Å²) in [4.78, 5) is 10.1. The molecule has 0 radical (unpaired) electrons. The van der Waals surface area contributed by atoms with Crippen LogP contribution in [0.4, 0.5) is 0 Å². The van der Waals surface area contributed by atoms with Crippen LogP contribution in [0.5, 0.6) is 0 Å². The van der Waals surface area contributed by atoms with Crippen LogP contribution in [0.25, 0.3) is 97.0 Å². The fraction of sp³-hybridized carbons (Fsp3) is 0.0638. The van der Waals surface area contributed by atoms with Crippen molar-refractivity contribution in [1.29, 1.82) is 0 Å². The molecule has 0 N–H and O–H groups in total. The number of nitrogens with zero attached hydrogens (tertiary/aromatic N) is 2. The molecule has 11 rings (SSSR count). The molecule has 10 aromatic rings. The molecule has 0 atom stereocenters. The number of aromatic nitrogens is 2. The van der Waals surface area contributed by atoms with Crippen LogP contribution in [0.3, 0.4) is 0 Å². The first-order chi connectivity index (χ1) is 24.5. The first kappa shape index (κ1) is 28.0. The minimum absolute atomic E-state index is 0.123. The normalized spacial score (nSPS) is 13.6. The van der Waals surface area contributed by atoms with Gasteiger partial charge in [0.05, 0.1) is 16.7 Å². The van der Waals surface area contributed by atoms with E-state index in [1.165, 1.54) is 75.1 Å². The zero-order valence-electron chi connectivity index (χ0n) is 27.7. The van der Waals surface area contributed by atoms with Gasteiger partial charge in [0.2, 0.25) is 0 Å². The number of fused-ring (bicyclic) bond motifs is 11. The molecule has 7 aromatic carbocycles. The summed E-state index contributed by atoms with van der Waals surface area (Å²) in [6.07, 6.45) is 1.86. The number of hydrogen-bond acceptors (Lipinski definition) is 3. The average molecular weight is 655 g/mol. The molecule has 0 saturated heterocycles. The van der Waals surface area contributed by atoms with Crippen molar-refractivity contribution < 1.29 is 0 Å². The molecule has 0 aliphatic heterocycles. The third-order valence-corrected chi connectivity index (χ3v) is 12.2. The van der Waals surface area contributed by atoms with E-state index in [4.69, 9.17) is 9.97 Å². The summed E-state index contributed by atoms with van der Waals surface area (Å²) in [6, 6.07) is 51.4. The predicted molar refractivity (Wildman–Crippen MR) is 213 cm³/mol. The lowest BCUT2D eigenvalue weighted by Crippen LogP contribution is -2.15. The molecule has 1 aliphatic rings. The molecule has 2 nitrogen and oxygen atoms in total. The molecular formula is C47H30N2S. The van der Waals surface area contributed by atoms with Crippen molar-refractivity contribution in [3.63, 3.8) is 0 Å². The fourth-order valence-electron chi connectivity index (χ4n) is 8.69. The lowest BCUT2D eigenvalue weighted by Gasteiger charge is -2.23. The van der Waals surface area contributed by atoms with Gasteiger partial charge in [0, 0.05) is 48.1 Å². The van der Waals surface area contributed by atoms with Crippen LogP contribution in [0.15, 0.2) is 146 Å². The first-order valence-corrected chi connectivity index (χ1v) is 18.1. The van der Waals surface area contributed by atoms with Crippen molar-refractivity contribution >= 4 is 74.9 Å². The van der Waals surface area contributed by atoms with E-state index < -0.39 is 0 Å². The number of benzene rings is 7. The van der Waals surface area contributed by atoms with Gasteiger partial charge in [0.15, 0.2) is 0 Å². The second-order valence-electron chi connectivity index (χ2n) is 14.1. The van der Waals surface area contributed by atoms with E-state index in [1.807, 2.05) is 23.6 Å². The molecule has 234 valence electrons. The van der Waals surface area contributed by atoms with E-state index in [0.717, 1.165) is 33.1 Å². The maximum atomic E-state index is 5.34. The largest absolute Gasteiger partial charge is 0.254 e. The Hall–Kier alpha value is -5.90. The van der Waals surface area contributed by atoms with Crippen molar-refractivity contribution in [1.82, 2.24) is 9.97 Å². The Morgan fingerprint density at radius 3 is 1.88 bits per heavy atom. The monoisotopic (exact) mass is 654 g/mol. The lowest BCUT2D eigenvalue weighted by molar-refractivity contribution is 0.661. The Balaban J connectivity index is 1.15. The Morgan fingerprint density at radius 1 is 0.480 bits per heavy atom. The zero-order chi connectivity index (χ0) is 33.1. The van der Waals surface area contributed by atoms with Crippen LogP contribution in [-0.4, -0.2) is 9.97 Å². The van der Waals surface area contributed by atoms with Crippen LogP contribution in [0.1, 0.15) is 25.0 Å². The first-order valence-electron chi connectivity index (χ1n) is 17.2. The van der Waals surface area contributed by atoms with Crippen molar-refractivity contribution in [3.8, 4) is 33.5 Å². The van der Waals surface area contributed by atoms with E-state index in [0.29, 0.717) is 0 Å². The smallest absolute Gasteiger partial charge is 0.0972 e. The zero-order valence-corrected chi connectivity index (χ0v) is 28.5. The molecule has 1 aliphatic carbocycles. The number of pyridine rings is 2. The summed E-state index contributed by atoms with van der Waals surface area (Å²) < 4.78 is 2.72. The van der Waals surface area contributed by atoms with Crippen molar-refractivity contribution in [2.75, 3.05) is 0 Å². The highest BCUT2D eigenvalue weighted by molar-refractivity contribution is 7.25. The summed E-state index contributed by atoms with van der Waals surface area (Å²) in [6.45, 7) is 4.79. The van der Waals surface area contributed by atoms with Gasteiger partial charge in [0.1, 0.15) is 0 Å². The van der Waals surface area contributed by atoms with Crippen molar-refractivity contribution in [2.45, 2.75) is 19.3 Å². The van der Waals surface area contributed by atoms with Crippen molar-refractivity contribution in [2.24, 2.45) is 0 Å². The Morgan fingerprint density at radius 2 is 1.12 bits per heavy atom. The van der Waals surface area contributed by atoms with E-state index in [-0.39, 0.29) is 5.41 Å². The fourth-order valence-corrected chi connectivity index (χ4v) is 9.81. The van der Waals surface area contributed by atoms with Crippen LogP contribution < -0.4 is 0 Å². The minimum atomic E-state index is -0.123. The molecule has 0 amide bonds. The molecule has 3 aromatic heterocycles. The topological polar surface area (TPSA) is 25.8 Å². The number of hydrogen-bond donors (Lipinski definition) is 0. The maximum absolute atomic E-state index is 5.34. The van der Waals surface area contributed by atoms with Crippen molar-refractivity contribution in [3.05, 3.63) is 157 Å². The predicted octanol–water partition coefficient (Wildman–Crippen LogP) is 13.1. The summed E-state index contributed by atoms with van der Waals surface area (Å²) in [7, 11) is 0. The molecule has 0 fully saturated rings. The highest BCUT2D eigenvalue weighted by Crippen LogP contribution is 2.53. The number of thiophene rings is 1. The lowest BCUT2D eigenvalue weighted by atomic mass is 9.80. The van der Waals surface area contributed by atoms with Crippen LogP contribution in [0.2, 0.25) is 0 Å². The van der Waals surface area contributed by atoms with Gasteiger partial charge in [-0.1, -0.05) is 117 Å². The van der Waals surface area contributed by atoms with E-state index in [2.05, 4.69) is 147 Å². The van der Waals surface area contributed by atoms with Gasteiger partial charge < -0.3 is 0 Å². The maximum Gasteiger partial charge on any atom is 0.0972 e. The molecule has 3 heteroatoms. The summed E-state index contributed by atoms with van der Waals surface area (Å²) >= 11 is 1.90. The third kappa shape index (κ3) is 3.78. The van der Waals surface area contributed by atoms with Gasteiger partial charge in [-0.25, -0.2) is 4.98 Å². The molecule has 0 saturated carbocycles. The number of rotatable bonds is 2. The summed E-state index contributed by atoms with van der Waals surface area (Å²) in [5.41, 5.74) is 11.9. The molecule has 0 spiro atoms. The van der Waals surface area contributed by atoms with Gasteiger partial charge in [-0.3, -0.25) is 4.98 Å². The Bertz CT molecular complexity index is 3020. The van der Waals surface area contributed by atoms with Gasteiger partial charge in [0.25, 0.3) is 0 Å². The highest BCUT2D eigenvalue weighted by atomic mass is 32.1. The Kier molecular flexibility index (Phi) is 5.64. The molecular weight excluding hydrogens is 625 g/mol. The van der Waals surface area contributed by atoms with Gasteiger partial charge >= 0.3 is 0 Å². The van der Waals surface area contributed by atoms with E-state index in [9.17, 15) is 0 Å². The van der Waals surface area contributed by atoms with E-state index in [1.54, 1.807) is 0 Å². The standard InChI is InChI=1S/C47H30N2S/c1-47(2)38-24-29(19-21-30(38)36-25-37-31-11-7-8-16-41(31)50-42(37)26-39(36)47)43-32-12-3-5-14-34(32)44(35-15-6-4-13-33(35)43)40-22-20-28-18-17-27-10-9-23-48-45(27)46(28)49-40/h3-26H,1-2H3. The van der Waals surface area contributed by atoms with Crippen LogP contribution in [-0.2, 0) is 5.41 Å². The molecule has 0 unspecified atom stereocenters. The van der Waals surface area contributed by atoms with Gasteiger partial charge in [-0.2, -0.15) is 0 Å². The van der Waals surface area contributed by atoms with Gasteiger partial charge in [-0.15, -0.1) is 11.3 Å². The highest BCUT2D eigenvalue weighted by Gasteiger charge is 2.36. The second kappa shape index (κ2) is 10.1. The van der Waals surface area contributed by atoms with Gasteiger partial charge in [-0.05, 0) is 91.3 Å². The summed E-state index contributed by atoms with van der Waals surface area (Å²) in [5, 5.41) is 9.79. The minimum Gasteiger partial charge on any atom is -0.254 e. The molecule has 3 heterocycles. The summed E-state index contributed by atoms with van der Waals surface area (Å²) in [5.74, 6) is 0. The Labute approximate surface area is 293 Å². The average Bonchev–Trinajstić information content (AvgIpc) is 3.63. The molecule has 0 bridgehead atoms. The third-order valence-electron chi connectivity index (χ3n) is 11.1. The SMILES string of the molecule is CC1(C)c2cc(-c3c4ccccc4c(-c4ccc5ccc6cccnc6c5n4)c4ccccc34)ccc2-c2cc3c(cc21)sc1ccccc13. The van der Waals surface area contributed by atoms with E-state index >= 15 is 0 Å². The quantitative estimate of drug-likeness (QED) is 0.137. The second-order valence-corrected chi connectivity index (χ2v) is 15.2. The van der Waals surface area contributed by atoms with Crippen LogP contribution in [0, 0.1) is 0 Å². The molecule has 50 heavy (non-hydrogen) atoms. The van der Waals surface area contributed by atoms with Crippen LogP contribution >= 0.6 is 11.3 Å².